The molecule has 0 bridgehead atoms. The number of nitrogens with two attached hydrogens (primary N) is 1. The Morgan fingerprint density at radius 1 is 1.45 bits per heavy atom. The van der Waals surface area contributed by atoms with E-state index in [2.05, 4.69) is 15.5 Å². The third-order valence-corrected chi connectivity index (χ3v) is 2.75. The van der Waals surface area contributed by atoms with E-state index in [1.165, 1.54) is 6.33 Å². The standard InChI is InChI=1S/C12H13F2N5O/c1-19-6-17-18-10(19)2-3-16-12(20)8-4-7(13)5-9(15)11(8)14/h4-6H,2-3,15H2,1H3,(H,16,20). The van der Waals surface area contributed by atoms with Crippen LogP contribution in [0.15, 0.2) is 18.5 Å². The van der Waals surface area contributed by atoms with Crippen molar-refractivity contribution in [3.05, 3.63) is 41.5 Å². The van der Waals surface area contributed by atoms with Gasteiger partial charge in [0.15, 0.2) is 5.82 Å². The first kappa shape index (κ1) is 13.9. The molecule has 1 aromatic carbocycles. The average Bonchev–Trinajstić information content (AvgIpc) is 2.79. The summed E-state index contributed by atoms with van der Waals surface area (Å²) in [5.41, 5.74) is 4.45. The third-order valence-electron chi connectivity index (χ3n) is 2.75. The number of hydrogen-bond donors (Lipinski definition) is 2. The van der Waals surface area contributed by atoms with Gasteiger partial charge < -0.3 is 15.6 Å². The van der Waals surface area contributed by atoms with Crippen LogP contribution in [0.2, 0.25) is 0 Å². The molecule has 0 saturated heterocycles. The van der Waals surface area contributed by atoms with Crippen LogP contribution in [-0.2, 0) is 13.5 Å². The van der Waals surface area contributed by atoms with E-state index < -0.39 is 28.8 Å². The summed E-state index contributed by atoms with van der Waals surface area (Å²) in [7, 11) is 1.77. The number of benzene rings is 1. The Labute approximate surface area is 113 Å². The average molecular weight is 281 g/mol. The predicted octanol–water partition coefficient (Wildman–Crippen LogP) is 0.648. The lowest BCUT2D eigenvalue weighted by molar-refractivity contribution is 0.0949. The number of amides is 1. The summed E-state index contributed by atoms with van der Waals surface area (Å²) < 4.78 is 28.4. The normalized spacial score (nSPS) is 10.6. The molecule has 0 spiro atoms. The molecule has 0 aliphatic carbocycles. The van der Waals surface area contributed by atoms with Crippen LogP contribution < -0.4 is 11.1 Å². The van der Waals surface area contributed by atoms with Gasteiger partial charge in [0, 0.05) is 20.0 Å². The van der Waals surface area contributed by atoms with Gasteiger partial charge in [0.1, 0.15) is 18.0 Å². The smallest absolute Gasteiger partial charge is 0.254 e. The summed E-state index contributed by atoms with van der Waals surface area (Å²) in [6.07, 6.45) is 1.96. The Morgan fingerprint density at radius 3 is 2.85 bits per heavy atom. The zero-order valence-electron chi connectivity index (χ0n) is 10.7. The number of anilines is 1. The summed E-state index contributed by atoms with van der Waals surface area (Å²) in [6, 6.07) is 1.63. The van der Waals surface area contributed by atoms with Crippen molar-refractivity contribution in [1.29, 1.82) is 0 Å². The summed E-state index contributed by atoms with van der Waals surface area (Å²) in [5.74, 6) is -1.75. The van der Waals surface area contributed by atoms with Crippen LogP contribution in [0.3, 0.4) is 0 Å². The van der Waals surface area contributed by atoms with Gasteiger partial charge in [-0.25, -0.2) is 8.78 Å². The van der Waals surface area contributed by atoms with Crippen molar-refractivity contribution >= 4 is 11.6 Å². The van der Waals surface area contributed by atoms with E-state index in [9.17, 15) is 13.6 Å². The summed E-state index contributed by atoms with van der Waals surface area (Å²) in [5, 5.41) is 10.0. The molecule has 0 radical (unpaired) electrons. The minimum atomic E-state index is -0.928. The first-order valence-electron chi connectivity index (χ1n) is 5.84. The highest BCUT2D eigenvalue weighted by Crippen LogP contribution is 2.17. The first-order valence-corrected chi connectivity index (χ1v) is 5.84. The van der Waals surface area contributed by atoms with E-state index in [-0.39, 0.29) is 6.54 Å². The van der Waals surface area contributed by atoms with Crippen molar-refractivity contribution in [2.75, 3.05) is 12.3 Å². The lowest BCUT2D eigenvalue weighted by Gasteiger charge is -2.07. The second-order valence-corrected chi connectivity index (χ2v) is 4.22. The molecule has 0 fully saturated rings. The lowest BCUT2D eigenvalue weighted by atomic mass is 10.1. The van der Waals surface area contributed by atoms with Gasteiger partial charge in [0.25, 0.3) is 5.91 Å². The molecule has 3 N–H and O–H groups in total. The van der Waals surface area contributed by atoms with Crippen LogP contribution in [0.5, 0.6) is 0 Å². The third kappa shape index (κ3) is 2.90. The zero-order chi connectivity index (χ0) is 14.7. The fraction of sp³-hybridized carbons (Fsp3) is 0.250. The number of aromatic nitrogens is 3. The molecule has 8 heteroatoms. The number of hydrogen-bond acceptors (Lipinski definition) is 4. The van der Waals surface area contributed by atoms with Gasteiger partial charge in [-0.15, -0.1) is 10.2 Å². The maximum atomic E-state index is 13.6. The molecule has 0 unspecified atom stereocenters. The molecule has 0 aliphatic rings. The Bertz CT molecular complexity index is 641. The first-order chi connectivity index (χ1) is 9.49. The van der Waals surface area contributed by atoms with Crippen molar-refractivity contribution in [3.63, 3.8) is 0 Å². The number of carbonyl (C=O) groups excluding carboxylic acids is 1. The van der Waals surface area contributed by atoms with E-state index in [0.717, 1.165) is 12.1 Å². The minimum Gasteiger partial charge on any atom is -0.396 e. The molecule has 0 saturated carbocycles. The van der Waals surface area contributed by atoms with Crippen LogP contribution in [0.4, 0.5) is 14.5 Å². The van der Waals surface area contributed by atoms with Crippen LogP contribution >= 0.6 is 0 Å². The monoisotopic (exact) mass is 281 g/mol. The van der Waals surface area contributed by atoms with Crippen LogP contribution in [0.25, 0.3) is 0 Å². The van der Waals surface area contributed by atoms with Gasteiger partial charge in [0.2, 0.25) is 0 Å². The highest BCUT2D eigenvalue weighted by atomic mass is 19.1. The van der Waals surface area contributed by atoms with Gasteiger partial charge in [-0.2, -0.15) is 0 Å². The van der Waals surface area contributed by atoms with Crippen LogP contribution in [0.1, 0.15) is 16.2 Å². The largest absolute Gasteiger partial charge is 0.396 e. The van der Waals surface area contributed by atoms with E-state index >= 15 is 0 Å². The molecule has 20 heavy (non-hydrogen) atoms. The molecular formula is C12H13F2N5O. The van der Waals surface area contributed by atoms with Gasteiger partial charge in [-0.3, -0.25) is 4.79 Å². The molecular weight excluding hydrogens is 268 g/mol. The summed E-state index contributed by atoms with van der Waals surface area (Å²) >= 11 is 0. The number of rotatable bonds is 4. The van der Waals surface area contributed by atoms with Crippen molar-refractivity contribution in [3.8, 4) is 0 Å². The minimum absolute atomic E-state index is 0.223. The number of carbonyl (C=O) groups is 1. The fourth-order valence-electron chi connectivity index (χ4n) is 1.69. The molecule has 2 rings (SSSR count). The second kappa shape index (κ2) is 5.64. The molecule has 0 atom stereocenters. The van der Waals surface area contributed by atoms with Crippen molar-refractivity contribution in [2.24, 2.45) is 7.05 Å². The zero-order valence-corrected chi connectivity index (χ0v) is 10.7. The van der Waals surface area contributed by atoms with Crippen molar-refractivity contribution < 1.29 is 13.6 Å². The highest BCUT2D eigenvalue weighted by Gasteiger charge is 2.15. The predicted molar refractivity (Wildman–Crippen MR) is 67.8 cm³/mol. The fourth-order valence-corrected chi connectivity index (χ4v) is 1.69. The Morgan fingerprint density at radius 2 is 2.20 bits per heavy atom. The van der Waals surface area contributed by atoms with Crippen molar-refractivity contribution in [2.45, 2.75) is 6.42 Å². The maximum absolute atomic E-state index is 13.6. The SMILES string of the molecule is Cn1cnnc1CCNC(=O)c1cc(F)cc(N)c1F. The lowest BCUT2D eigenvalue weighted by Crippen LogP contribution is -2.27. The molecule has 1 amide bonds. The van der Waals surface area contributed by atoms with Gasteiger partial charge in [0.05, 0.1) is 11.3 Å². The van der Waals surface area contributed by atoms with E-state index in [1.807, 2.05) is 0 Å². The molecule has 2 aromatic rings. The van der Waals surface area contributed by atoms with Crippen LogP contribution in [-0.4, -0.2) is 27.2 Å². The maximum Gasteiger partial charge on any atom is 0.254 e. The molecule has 6 nitrogen and oxygen atoms in total. The number of halogens is 2. The number of aryl methyl sites for hydroxylation is 1. The molecule has 106 valence electrons. The molecule has 1 aromatic heterocycles. The summed E-state index contributed by atoms with van der Waals surface area (Å²) in [6.45, 7) is 0.223. The van der Waals surface area contributed by atoms with E-state index in [0.29, 0.717) is 12.2 Å². The topological polar surface area (TPSA) is 85.8 Å². The number of nitrogens with one attached hydrogen (secondary N) is 1. The highest BCUT2D eigenvalue weighted by molar-refractivity contribution is 5.95. The Kier molecular flexibility index (Phi) is 3.92. The summed E-state index contributed by atoms with van der Waals surface area (Å²) in [4.78, 5) is 11.8. The quantitative estimate of drug-likeness (QED) is 0.806. The number of nitrogen functional groups attached to an aromatic ring is 1. The van der Waals surface area contributed by atoms with Crippen LogP contribution in [0, 0.1) is 11.6 Å². The Balaban J connectivity index is 2.01. The Hall–Kier alpha value is -2.51. The molecule has 0 aliphatic heterocycles. The number of nitrogens with zero attached hydrogens (tertiary/aromatic N) is 3. The van der Waals surface area contributed by atoms with Crippen molar-refractivity contribution in [1.82, 2.24) is 20.1 Å². The second-order valence-electron chi connectivity index (χ2n) is 4.22. The van der Waals surface area contributed by atoms with Gasteiger partial charge in [-0.05, 0) is 12.1 Å². The van der Waals surface area contributed by atoms with E-state index in [4.69, 9.17) is 5.73 Å². The molecule has 1 heterocycles. The van der Waals surface area contributed by atoms with E-state index in [1.54, 1.807) is 11.6 Å². The van der Waals surface area contributed by atoms with Gasteiger partial charge >= 0.3 is 0 Å². The van der Waals surface area contributed by atoms with Gasteiger partial charge in [-0.1, -0.05) is 0 Å².